The van der Waals surface area contributed by atoms with Gasteiger partial charge in [-0.15, -0.1) is 0 Å². The Morgan fingerprint density at radius 1 is 0.760 bits per heavy atom. The van der Waals surface area contributed by atoms with Crippen LogP contribution in [0, 0.1) is 13.8 Å². The molecule has 138 valence electrons. The Kier molecular flexibility index (Phi) is 8.10. The van der Waals surface area contributed by atoms with E-state index in [0.29, 0.717) is 5.82 Å². The molecular formula is C21H33N3O. The monoisotopic (exact) mass is 343 g/mol. The molecule has 0 aliphatic rings. The number of aromatic nitrogens is 3. The van der Waals surface area contributed by atoms with Crippen LogP contribution in [0.15, 0.2) is 10.5 Å². The van der Waals surface area contributed by atoms with Crippen LogP contribution >= 0.6 is 0 Å². The predicted octanol–water partition coefficient (Wildman–Crippen LogP) is 5.99. The molecule has 0 atom stereocenters. The average molecular weight is 344 g/mol. The first-order valence-corrected chi connectivity index (χ1v) is 9.95. The van der Waals surface area contributed by atoms with E-state index in [0.717, 1.165) is 36.0 Å². The first-order chi connectivity index (χ1) is 12.1. The fourth-order valence-electron chi connectivity index (χ4n) is 3.17. The van der Waals surface area contributed by atoms with Gasteiger partial charge in [-0.3, -0.25) is 0 Å². The minimum absolute atomic E-state index is 0.690. The van der Waals surface area contributed by atoms with Crippen LogP contribution in [-0.4, -0.2) is 15.0 Å². The van der Waals surface area contributed by atoms with Gasteiger partial charge in [0.15, 0.2) is 11.6 Å². The molecule has 2 rings (SSSR count). The summed E-state index contributed by atoms with van der Waals surface area (Å²) in [6, 6.07) is 2.24. The molecule has 0 aromatic carbocycles. The fourth-order valence-corrected chi connectivity index (χ4v) is 3.17. The third-order valence-corrected chi connectivity index (χ3v) is 4.50. The lowest BCUT2D eigenvalue weighted by atomic mass is 10.1. The van der Waals surface area contributed by atoms with Crippen LogP contribution in [-0.2, 0) is 12.8 Å². The molecule has 0 fully saturated rings. The molecule has 0 saturated heterocycles. The van der Waals surface area contributed by atoms with E-state index in [-0.39, 0.29) is 0 Å². The Hall–Kier alpha value is -1.71. The van der Waals surface area contributed by atoms with E-state index in [1.54, 1.807) is 0 Å². The number of furan rings is 1. The highest BCUT2D eigenvalue weighted by molar-refractivity contribution is 5.53. The van der Waals surface area contributed by atoms with Gasteiger partial charge in [-0.05, 0) is 39.2 Å². The van der Waals surface area contributed by atoms with Crippen molar-refractivity contribution in [3.63, 3.8) is 0 Å². The van der Waals surface area contributed by atoms with E-state index >= 15 is 0 Å². The van der Waals surface area contributed by atoms with Crippen LogP contribution in [0.2, 0.25) is 0 Å². The minimum Gasteiger partial charge on any atom is -0.457 e. The van der Waals surface area contributed by atoms with Crippen molar-refractivity contribution in [2.75, 3.05) is 0 Å². The van der Waals surface area contributed by atoms with Crippen LogP contribution in [0.1, 0.15) is 88.2 Å². The molecule has 0 radical (unpaired) electrons. The van der Waals surface area contributed by atoms with Crippen molar-refractivity contribution >= 4 is 0 Å². The van der Waals surface area contributed by atoms with Gasteiger partial charge in [0.25, 0.3) is 0 Å². The summed E-state index contributed by atoms with van der Waals surface area (Å²) in [6.45, 7) is 8.31. The maximum absolute atomic E-state index is 6.20. The van der Waals surface area contributed by atoms with Crippen molar-refractivity contribution in [2.24, 2.45) is 0 Å². The Morgan fingerprint density at radius 3 is 1.96 bits per heavy atom. The van der Waals surface area contributed by atoms with Gasteiger partial charge in [-0.1, -0.05) is 52.4 Å². The van der Waals surface area contributed by atoms with Crippen LogP contribution in [0.3, 0.4) is 0 Å². The minimum atomic E-state index is 0.690. The van der Waals surface area contributed by atoms with Gasteiger partial charge >= 0.3 is 0 Å². The summed E-state index contributed by atoms with van der Waals surface area (Å²) in [5.41, 5.74) is 1.26. The van der Waals surface area contributed by atoms with E-state index in [1.165, 1.54) is 56.9 Å². The summed E-state index contributed by atoms with van der Waals surface area (Å²) in [4.78, 5) is 13.3. The van der Waals surface area contributed by atoms with Crippen molar-refractivity contribution in [1.82, 2.24) is 15.0 Å². The number of aryl methyl sites for hydroxylation is 4. The lowest BCUT2D eigenvalue weighted by Gasteiger charge is -2.03. The smallest absolute Gasteiger partial charge is 0.199 e. The lowest BCUT2D eigenvalue weighted by molar-refractivity contribution is 0.500. The van der Waals surface area contributed by atoms with Gasteiger partial charge in [0, 0.05) is 12.0 Å². The molecular weight excluding hydrogens is 310 g/mol. The Labute approximate surface area is 152 Å². The molecule has 0 unspecified atom stereocenters. The molecule has 0 bridgehead atoms. The molecule has 4 heteroatoms. The van der Waals surface area contributed by atoms with Gasteiger partial charge in [0.2, 0.25) is 0 Å². The highest BCUT2D eigenvalue weighted by atomic mass is 16.3. The van der Waals surface area contributed by atoms with Crippen LogP contribution < -0.4 is 0 Å². The predicted molar refractivity (Wildman–Crippen MR) is 103 cm³/mol. The summed E-state index contributed by atoms with van der Waals surface area (Å²) in [6.07, 6.45) is 12.1. The molecule has 2 aromatic heterocycles. The molecule has 0 aliphatic heterocycles. The maximum atomic E-state index is 6.20. The van der Waals surface area contributed by atoms with Crippen molar-refractivity contribution in [3.8, 4) is 11.6 Å². The van der Waals surface area contributed by atoms with Crippen molar-refractivity contribution in [1.29, 1.82) is 0 Å². The molecule has 0 saturated carbocycles. The van der Waals surface area contributed by atoms with Gasteiger partial charge in [0.1, 0.15) is 17.4 Å². The van der Waals surface area contributed by atoms with E-state index in [1.807, 2.05) is 13.8 Å². The zero-order valence-electron chi connectivity index (χ0n) is 16.4. The largest absolute Gasteiger partial charge is 0.457 e. The highest BCUT2D eigenvalue weighted by Crippen LogP contribution is 2.27. The van der Waals surface area contributed by atoms with E-state index in [4.69, 9.17) is 4.42 Å². The second kappa shape index (κ2) is 10.3. The van der Waals surface area contributed by atoms with Gasteiger partial charge in [-0.25, -0.2) is 15.0 Å². The second-order valence-electron chi connectivity index (χ2n) is 6.94. The number of nitrogens with zero attached hydrogens (tertiary/aromatic N) is 3. The molecule has 4 nitrogen and oxygen atoms in total. The summed E-state index contributed by atoms with van der Waals surface area (Å²) < 4.78 is 6.20. The van der Waals surface area contributed by atoms with E-state index in [9.17, 15) is 0 Å². The Balaban J connectivity index is 2.16. The molecule has 25 heavy (non-hydrogen) atoms. The molecule has 0 N–H and O–H groups in total. The zero-order chi connectivity index (χ0) is 18.1. The van der Waals surface area contributed by atoms with Crippen molar-refractivity contribution in [3.05, 3.63) is 29.0 Å². The first kappa shape index (κ1) is 19.6. The Morgan fingerprint density at radius 2 is 1.36 bits per heavy atom. The average Bonchev–Trinajstić information content (AvgIpc) is 2.98. The van der Waals surface area contributed by atoms with Crippen molar-refractivity contribution in [2.45, 2.75) is 91.9 Å². The molecule has 0 amide bonds. The summed E-state index contributed by atoms with van der Waals surface area (Å²) >= 11 is 0. The maximum Gasteiger partial charge on any atom is 0.199 e. The highest BCUT2D eigenvalue weighted by Gasteiger charge is 2.16. The van der Waals surface area contributed by atoms with Crippen LogP contribution in [0.25, 0.3) is 11.6 Å². The summed E-state index contributed by atoms with van der Waals surface area (Å²) in [5.74, 6) is 4.12. The zero-order valence-corrected chi connectivity index (χ0v) is 16.4. The first-order valence-electron chi connectivity index (χ1n) is 9.95. The number of rotatable bonds is 11. The van der Waals surface area contributed by atoms with Crippen LogP contribution in [0.4, 0.5) is 0 Å². The third-order valence-electron chi connectivity index (χ3n) is 4.50. The number of unbranched alkanes of at least 4 members (excludes halogenated alkanes) is 6. The Bertz CT molecular complexity index is 628. The van der Waals surface area contributed by atoms with Crippen molar-refractivity contribution < 1.29 is 4.42 Å². The summed E-state index contributed by atoms with van der Waals surface area (Å²) in [7, 11) is 0. The van der Waals surface area contributed by atoms with E-state index in [2.05, 4.69) is 34.9 Å². The van der Waals surface area contributed by atoms with Gasteiger partial charge in [-0.2, -0.15) is 0 Å². The number of hydrogen-bond donors (Lipinski definition) is 0. The van der Waals surface area contributed by atoms with Gasteiger partial charge < -0.3 is 4.42 Å². The molecule has 0 aliphatic carbocycles. The van der Waals surface area contributed by atoms with E-state index < -0.39 is 0 Å². The normalized spacial score (nSPS) is 11.2. The van der Waals surface area contributed by atoms with Gasteiger partial charge in [0.05, 0.1) is 0 Å². The second-order valence-corrected chi connectivity index (χ2v) is 6.94. The third kappa shape index (κ3) is 6.26. The molecule has 2 heterocycles. The standard InChI is InChI=1S/C21H33N3O/c1-5-7-9-11-13-18-15-19(14-12-10-8-6-2)25-20(18)21-23-16(3)22-17(4)24-21/h15H,5-14H2,1-4H3. The SMILES string of the molecule is CCCCCCc1cc(CCCCCC)c(-c2nc(C)nc(C)n2)o1. The quantitative estimate of drug-likeness (QED) is 0.470. The molecule has 0 spiro atoms. The topological polar surface area (TPSA) is 51.8 Å². The number of hydrogen-bond acceptors (Lipinski definition) is 4. The van der Waals surface area contributed by atoms with Crippen LogP contribution in [0.5, 0.6) is 0 Å². The summed E-state index contributed by atoms with van der Waals surface area (Å²) in [5, 5.41) is 0. The lowest BCUT2D eigenvalue weighted by Crippen LogP contribution is -1.99. The fraction of sp³-hybridized carbons (Fsp3) is 0.667. The molecule has 2 aromatic rings.